The molecule has 1 aromatic rings. The lowest BCUT2D eigenvalue weighted by Gasteiger charge is -2.14. The van der Waals surface area contributed by atoms with Crippen LogP contribution in [0.25, 0.3) is 0 Å². The van der Waals surface area contributed by atoms with E-state index >= 15 is 0 Å². The van der Waals surface area contributed by atoms with E-state index in [0.717, 1.165) is 6.54 Å². The van der Waals surface area contributed by atoms with Crippen molar-refractivity contribution in [2.75, 3.05) is 19.3 Å². The van der Waals surface area contributed by atoms with E-state index in [1.807, 2.05) is 24.0 Å². The number of aliphatic hydroxyl groups excluding tert-OH is 1. The lowest BCUT2D eigenvalue weighted by Crippen LogP contribution is -2.33. The normalized spacial score (nSPS) is 15.1. The molecular formula is C10H19N3OS. The molecule has 15 heavy (non-hydrogen) atoms. The number of aliphatic hydroxyl groups is 1. The highest BCUT2D eigenvalue weighted by Gasteiger charge is 2.05. The zero-order valence-corrected chi connectivity index (χ0v) is 10.1. The van der Waals surface area contributed by atoms with E-state index in [-0.39, 0.29) is 6.10 Å². The van der Waals surface area contributed by atoms with Crippen molar-refractivity contribution in [3.8, 4) is 0 Å². The molecular weight excluding hydrogens is 210 g/mol. The number of hydrogen-bond acceptors (Lipinski definition) is 4. The predicted octanol–water partition coefficient (Wildman–Crippen LogP) is 0.585. The minimum absolute atomic E-state index is 0.376. The average molecular weight is 229 g/mol. The van der Waals surface area contributed by atoms with E-state index in [1.54, 1.807) is 10.9 Å². The third-order valence-corrected chi connectivity index (χ3v) is 3.14. The molecule has 2 atom stereocenters. The molecule has 0 saturated heterocycles. The second kappa shape index (κ2) is 6.87. The first-order valence-corrected chi connectivity index (χ1v) is 6.40. The molecule has 0 fully saturated rings. The van der Waals surface area contributed by atoms with Crippen LogP contribution in [-0.2, 0) is 6.54 Å². The number of thioether (sulfide) groups is 1. The Kier molecular flexibility index (Phi) is 5.75. The number of aromatic nitrogens is 2. The van der Waals surface area contributed by atoms with E-state index in [0.29, 0.717) is 18.3 Å². The van der Waals surface area contributed by atoms with Crippen LogP contribution in [0.15, 0.2) is 18.5 Å². The van der Waals surface area contributed by atoms with Gasteiger partial charge < -0.3 is 10.4 Å². The SMILES string of the molecule is CSC(C)CNCC(O)Cn1cccn1. The molecule has 0 spiro atoms. The lowest BCUT2D eigenvalue weighted by atomic mass is 10.3. The molecule has 1 rings (SSSR count). The molecule has 0 aliphatic carbocycles. The van der Waals surface area contributed by atoms with Gasteiger partial charge in [-0.05, 0) is 12.3 Å². The fraction of sp³-hybridized carbons (Fsp3) is 0.700. The molecule has 2 unspecified atom stereocenters. The summed E-state index contributed by atoms with van der Waals surface area (Å²) in [6, 6.07) is 1.86. The Morgan fingerprint density at radius 2 is 2.33 bits per heavy atom. The van der Waals surface area contributed by atoms with E-state index in [1.165, 1.54) is 0 Å². The van der Waals surface area contributed by atoms with Gasteiger partial charge >= 0.3 is 0 Å². The maximum atomic E-state index is 9.68. The van der Waals surface area contributed by atoms with E-state index in [9.17, 15) is 5.11 Å². The standard InChI is InChI=1S/C10H19N3OS/c1-9(15-2)6-11-7-10(14)8-13-5-3-4-12-13/h3-5,9-11,14H,6-8H2,1-2H3. The van der Waals surface area contributed by atoms with Gasteiger partial charge in [0.1, 0.15) is 0 Å². The van der Waals surface area contributed by atoms with Crippen LogP contribution in [0.4, 0.5) is 0 Å². The summed E-state index contributed by atoms with van der Waals surface area (Å²) in [5.41, 5.74) is 0. The van der Waals surface area contributed by atoms with Gasteiger partial charge in [-0.1, -0.05) is 6.92 Å². The predicted molar refractivity (Wildman–Crippen MR) is 64.1 cm³/mol. The highest BCUT2D eigenvalue weighted by molar-refractivity contribution is 7.99. The van der Waals surface area contributed by atoms with Crippen LogP contribution in [0, 0.1) is 0 Å². The van der Waals surface area contributed by atoms with Crippen molar-refractivity contribution in [3.63, 3.8) is 0 Å². The molecule has 0 aromatic carbocycles. The molecule has 2 N–H and O–H groups in total. The second-order valence-electron chi connectivity index (χ2n) is 3.59. The number of nitrogens with one attached hydrogen (secondary N) is 1. The molecule has 4 nitrogen and oxygen atoms in total. The van der Waals surface area contributed by atoms with Crippen LogP contribution in [0.2, 0.25) is 0 Å². The summed E-state index contributed by atoms with van der Waals surface area (Å²) in [7, 11) is 0. The van der Waals surface area contributed by atoms with Crippen LogP contribution in [0.5, 0.6) is 0 Å². The smallest absolute Gasteiger partial charge is 0.0860 e. The van der Waals surface area contributed by atoms with Gasteiger partial charge in [0, 0.05) is 30.7 Å². The van der Waals surface area contributed by atoms with Crippen molar-refractivity contribution in [1.82, 2.24) is 15.1 Å². The van der Waals surface area contributed by atoms with Crippen molar-refractivity contribution in [1.29, 1.82) is 0 Å². The first kappa shape index (κ1) is 12.5. The summed E-state index contributed by atoms with van der Waals surface area (Å²) in [5, 5.41) is 17.5. The summed E-state index contributed by atoms with van der Waals surface area (Å²) >= 11 is 1.82. The maximum Gasteiger partial charge on any atom is 0.0860 e. The molecule has 86 valence electrons. The highest BCUT2D eigenvalue weighted by Crippen LogP contribution is 2.02. The third-order valence-electron chi connectivity index (χ3n) is 2.17. The third kappa shape index (κ3) is 5.20. The van der Waals surface area contributed by atoms with Crippen molar-refractivity contribution in [3.05, 3.63) is 18.5 Å². The number of hydrogen-bond donors (Lipinski definition) is 2. The topological polar surface area (TPSA) is 50.1 Å². The van der Waals surface area contributed by atoms with E-state index < -0.39 is 0 Å². The monoisotopic (exact) mass is 229 g/mol. The Hall–Kier alpha value is -0.520. The van der Waals surface area contributed by atoms with Crippen molar-refractivity contribution < 1.29 is 5.11 Å². The number of nitrogens with zero attached hydrogens (tertiary/aromatic N) is 2. The Balaban J connectivity index is 2.11. The van der Waals surface area contributed by atoms with Crippen molar-refractivity contribution in [2.45, 2.75) is 24.8 Å². The van der Waals surface area contributed by atoms with Gasteiger partial charge in [-0.3, -0.25) is 4.68 Å². The summed E-state index contributed by atoms with van der Waals surface area (Å²) in [5.74, 6) is 0. The first-order valence-electron chi connectivity index (χ1n) is 5.11. The van der Waals surface area contributed by atoms with Gasteiger partial charge in [-0.25, -0.2) is 0 Å². The van der Waals surface area contributed by atoms with Crippen LogP contribution < -0.4 is 5.32 Å². The van der Waals surface area contributed by atoms with Crippen molar-refractivity contribution in [2.24, 2.45) is 0 Å². The molecule has 0 bridgehead atoms. The average Bonchev–Trinajstić information content (AvgIpc) is 2.70. The van der Waals surface area contributed by atoms with Gasteiger partial charge in [0.25, 0.3) is 0 Å². The van der Waals surface area contributed by atoms with Gasteiger partial charge in [0.2, 0.25) is 0 Å². The van der Waals surface area contributed by atoms with Crippen LogP contribution in [0.1, 0.15) is 6.92 Å². The zero-order valence-electron chi connectivity index (χ0n) is 9.26. The zero-order chi connectivity index (χ0) is 11.1. The molecule has 0 radical (unpaired) electrons. The minimum Gasteiger partial charge on any atom is -0.390 e. The summed E-state index contributed by atoms with van der Waals surface area (Å²) in [6.45, 7) is 4.26. The van der Waals surface area contributed by atoms with E-state index in [4.69, 9.17) is 0 Å². The molecule has 0 amide bonds. The highest BCUT2D eigenvalue weighted by atomic mass is 32.2. The largest absolute Gasteiger partial charge is 0.390 e. The van der Waals surface area contributed by atoms with Gasteiger partial charge in [0.05, 0.1) is 12.6 Å². The molecule has 0 saturated carbocycles. The Morgan fingerprint density at radius 3 is 2.93 bits per heavy atom. The van der Waals surface area contributed by atoms with Gasteiger partial charge in [-0.2, -0.15) is 16.9 Å². The number of rotatable bonds is 7. The summed E-state index contributed by atoms with van der Waals surface area (Å²) in [6.07, 6.45) is 5.29. The maximum absolute atomic E-state index is 9.68. The second-order valence-corrected chi connectivity index (χ2v) is 4.86. The van der Waals surface area contributed by atoms with Gasteiger partial charge in [-0.15, -0.1) is 0 Å². The lowest BCUT2D eigenvalue weighted by molar-refractivity contribution is 0.147. The fourth-order valence-electron chi connectivity index (χ4n) is 1.23. The minimum atomic E-state index is -0.376. The van der Waals surface area contributed by atoms with Crippen LogP contribution >= 0.6 is 11.8 Å². The molecule has 0 aliphatic rings. The Morgan fingerprint density at radius 1 is 1.53 bits per heavy atom. The molecule has 5 heteroatoms. The molecule has 1 aromatic heterocycles. The van der Waals surface area contributed by atoms with E-state index in [2.05, 4.69) is 23.6 Å². The molecule has 0 aliphatic heterocycles. The van der Waals surface area contributed by atoms with Crippen LogP contribution in [0.3, 0.4) is 0 Å². The Labute approximate surface area is 95.1 Å². The van der Waals surface area contributed by atoms with Crippen LogP contribution in [-0.4, -0.2) is 45.6 Å². The molecule has 1 heterocycles. The fourth-order valence-corrected chi connectivity index (χ4v) is 1.51. The van der Waals surface area contributed by atoms with Crippen molar-refractivity contribution >= 4 is 11.8 Å². The quantitative estimate of drug-likeness (QED) is 0.718. The Bertz CT molecular complexity index is 253. The summed E-state index contributed by atoms with van der Waals surface area (Å²) < 4.78 is 1.74. The first-order chi connectivity index (χ1) is 7.22. The summed E-state index contributed by atoms with van der Waals surface area (Å²) in [4.78, 5) is 0. The van der Waals surface area contributed by atoms with Gasteiger partial charge in [0.15, 0.2) is 0 Å².